The molecule has 0 radical (unpaired) electrons. The lowest BCUT2D eigenvalue weighted by molar-refractivity contribution is -0.119. The zero-order valence-electron chi connectivity index (χ0n) is 18.6. The monoisotopic (exact) mass is 482 g/mol. The van der Waals surface area contributed by atoms with E-state index >= 15 is 0 Å². The average molecular weight is 483 g/mol. The third-order valence-electron chi connectivity index (χ3n) is 4.24. The number of nitrogens with zero attached hydrogens (tertiary/aromatic N) is 3. The van der Waals surface area contributed by atoms with Crippen LogP contribution in [0.1, 0.15) is 31.4 Å². The Kier molecular flexibility index (Phi) is 9.66. The summed E-state index contributed by atoms with van der Waals surface area (Å²) in [6.45, 7) is 3.97. The molecule has 0 spiro atoms. The molecule has 1 atom stereocenters. The lowest BCUT2D eigenvalue weighted by Gasteiger charge is -2.18. The lowest BCUT2D eigenvalue weighted by Crippen LogP contribution is -2.27. The summed E-state index contributed by atoms with van der Waals surface area (Å²) in [4.78, 5) is 24.2. The summed E-state index contributed by atoms with van der Waals surface area (Å²) >= 11 is 1.32. The molecule has 2 aromatic rings. The van der Waals surface area contributed by atoms with Gasteiger partial charge < -0.3 is 15.7 Å². The molecule has 0 aliphatic heterocycles. The van der Waals surface area contributed by atoms with E-state index < -0.39 is 10.0 Å². The van der Waals surface area contributed by atoms with Crippen LogP contribution in [0.2, 0.25) is 0 Å². The minimum atomic E-state index is -3.57. The Morgan fingerprint density at radius 1 is 1.09 bits per heavy atom. The number of aliphatic hydroxyl groups is 1. The van der Waals surface area contributed by atoms with Gasteiger partial charge in [0.05, 0.1) is 25.3 Å². The van der Waals surface area contributed by atoms with Crippen LogP contribution in [0.3, 0.4) is 0 Å². The van der Waals surface area contributed by atoms with Crippen LogP contribution in [0.25, 0.3) is 0 Å². The molecule has 0 fully saturated rings. The number of hydrogen-bond donors (Lipinski definition) is 4. The number of anilines is 2. The summed E-state index contributed by atoms with van der Waals surface area (Å²) in [5.41, 5.74) is 1.90. The summed E-state index contributed by atoms with van der Waals surface area (Å²) < 4.78 is 25.6. The van der Waals surface area contributed by atoms with Gasteiger partial charge in [-0.05, 0) is 23.5 Å². The number of aliphatic hydroxyl groups excluding tert-OH is 1. The van der Waals surface area contributed by atoms with Crippen LogP contribution >= 0.6 is 11.8 Å². The van der Waals surface area contributed by atoms with Crippen molar-refractivity contribution in [2.24, 2.45) is 5.92 Å². The molecule has 1 heterocycles. The molecular formula is C20H30N6O4S2. The second-order valence-corrected chi connectivity index (χ2v) is 10.4. The number of carbonyl (C=O) groups excluding carboxylic acids is 1. The van der Waals surface area contributed by atoms with Gasteiger partial charge in [-0.15, -0.1) is 0 Å². The van der Waals surface area contributed by atoms with E-state index in [0.29, 0.717) is 29.7 Å². The fourth-order valence-electron chi connectivity index (χ4n) is 2.80. The number of thioether (sulfide) groups is 1. The normalized spacial score (nSPS) is 12.4. The molecule has 0 aliphatic rings. The van der Waals surface area contributed by atoms with E-state index in [0.717, 1.165) is 17.4 Å². The van der Waals surface area contributed by atoms with Gasteiger partial charge in [0.2, 0.25) is 27.8 Å². The maximum atomic E-state index is 11.6. The summed E-state index contributed by atoms with van der Waals surface area (Å²) in [5.74, 6) is 0.929. The number of benzene rings is 1. The highest BCUT2D eigenvalue weighted by molar-refractivity contribution is 7.98. The summed E-state index contributed by atoms with van der Waals surface area (Å²) in [5, 5.41) is 15.6. The summed E-state index contributed by atoms with van der Waals surface area (Å²) in [7, 11) is -1.97. The molecular weight excluding hydrogens is 452 g/mol. The number of sulfonamides is 1. The number of carbonyl (C=O) groups is 1. The van der Waals surface area contributed by atoms with Gasteiger partial charge in [0.1, 0.15) is 0 Å². The molecule has 32 heavy (non-hydrogen) atoms. The largest absolute Gasteiger partial charge is 0.394 e. The van der Waals surface area contributed by atoms with Crippen LogP contribution in [-0.2, 0) is 27.0 Å². The Morgan fingerprint density at radius 2 is 1.72 bits per heavy atom. The van der Waals surface area contributed by atoms with Gasteiger partial charge in [-0.2, -0.15) is 15.0 Å². The molecule has 4 N–H and O–H groups in total. The Morgan fingerprint density at radius 3 is 2.28 bits per heavy atom. The summed E-state index contributed by atoms with van der Waals surface area (Å²) in [6, 6.07) is 7.35. The maximum absolute atomic E-state index is 11.6. The minimum absolute atomic E-state index is 0.0538. The topological polar surface area (TPSA) is 146 Å². The maximum Gasteiger partial charge on any atom is 0.242 e. The van der Waals surface area contributed by atoms with Crippen molar-refractivity contribution in [3.63, 3.8) is 0 Å². The van der Waals surface area contributed by atoms with Crippen molar-refractivity contribution >= 4 is 39.6 Å². The first kappa shape index (κ1) is 25.8. The van der Waals surface area contributed by atoms with Crippen molar-refractivity contribution in [3.8, 4) is 0 Å². The first-order valence-electron chi connectivity index (χ1n) is 10.1. The van der Waals surface area contributed by atoms with Crippen LogP contribution in [0, 0.1) is 5.92 Å². The molecule has 12 heteroatoms. The number of hydrogen-bond acceptors (Lipinski definition) is 9. The number of amides is 1. The molecule has 0 unspecified atom stereocenters. The number of rotatable bonds is 12. The van der Waals surface area contributed by atoms with Crippen LogP contribution < -0.4 is 15.4 Å². The Balaban J connectivity index is 2.16. The van der Waals surface area contributed by atoms with E-state index in [1.54, 1.807) is 7.05 Å². The third kappa shape index (κ3) is 9.37. The van der Waals surface area contributed by atoms with E-state index in [-0.39, 0.29) is 30.5 Å². The van der Waals surface area contributed by atoms with Gasteiger partial charge in [0, 0.05) is 12.8 Å². The van der Waals surface area contributed by atoms with Gasteiger partial charge in [-0.3, -0.25) is 9.52 Å². The van der Waals surface area contributed by atoms with E-state index in [1.165, 1.54) is 11.8 Å². The molecule has 1 aromatic carbocycles. The highest BCUT2D eigenvalue weighted by atomic mass is 32.2. The second kappa shape index (κ2) is 12.0. The van der Waals surface area contributed by atoms with Gasteiger partial charge >= 0.3 is 0 Å². The van der Waals surface area contributed by atoms with E-state index in [9.17, 15) is 18.3 Å². The first-order valence-corrected chi connectivity index (χ1v) is 13.0. The molecule has 0 bridgehead atoms. The number of aromatic nitrogens is 3. The van der Waals surface area contributed by atoms with Crippen LogP contribution in [0.5, 0.6) is 0 Å². The summed E-state index contributed by atoms with van der Waals surface area (Å²) in [6.07, 6.45) is 2.03. The SMILES string of the molecule is CNC(=O)Cc1ccc(CSc2nc(N[C@@H](CO)CC(C)C)nc(NS(C)(=O)=O)n2)cc1. The smallest absolute Gasteiger partial charge is 0.242 e. The fourth-order valence-corrected chi connectivity index (χ4v) is 4.02. The predicted molar refractivity (Wildman–Crippen MR) is 126 cm³/mol. The first-order chi connectivity index (χ1) is 15.1. The highest BCUT2D eigenvalue weighted by Crippen LogP contribution is 2.22. The zero-order valence-corrected chi connectivity index (χ0v) is 20.3. The van der Waals surface area contributed by atoms with Crippen molar-refractivity contribution in [3.05, 3.63) is 35.4 Å². The van der Waals surface area contributed by atoms with Gasteiger partial charge in [0.25, 0.3) is 0 Å². The van der Waals surface area contributed by atoms with E-state index in [2.05, 4.69) is 30.3 Å². The Hall–Kier alpha value is -2.44. The lowest BCUT2D eigenvalue weighted by atomic mass is 10.0. The molecule has 0 saturated carbocycles. The Bertz CT molecular complexity index is 1000. The van der Waals surface area contributed by atoms with Gasteiger partial charge in [-0.1, -0.05) is 49.9 Å². The molecule has 2 rings (SSSR count). The molecule has 10 nitrogen and oxygen atoms in total. The van der Waals surface area contributed by atoms with E-state index in [1.807, 2.05) is 38.1 Å². The van der Waals surface area contributed by atoms with Crippen molar-refractivity contribution in [2.75, 3.05) is 29.9 Å². The highest BCUT2D eigenvalue weighted by Gasteiger charge is 2.15. The molecule has 1 amide bonds. The molecule has 1 aromatic heterocycles. The number of nitrogens with one attached hydrogen (secondary N) is 3. The minimum Gasteiger partial charge on any atom is -0.394 e. The second-order valence-electron chi connectivity index (χ2n) is 7.75. The zero-order chi connectivity index (χ0) is 23.7. The van der Waals surface area contributed by atoms with Crippen LogP contribution in [-0.4, -0.2) is 60.3 Å². The van der Waals surface area contributed by atoms with Crippen LogP contribution in [0.15, 0.2) is 29.4 Å². The molecule has 0 aliphatic carbocycles. The van der Waals surface area contributed by atoms with Crippen molar-refractivity contribution in [1.29, 1.82) is 0 Å². The molecule has 0 saturated heterocycles. The quantitative estimate of drug-likeness (QED) is 0.332. The standard InChI is InChI=1S/C20H30N6O4S2/c1-13(2)9-16(11-27)22-18-23-19(26-32(4,29)30)25-20(24-18)31-12-15-7-5-14(6-8-15)10-17(28)21-3/h5-8,13,16,27H,9-12H2,1-4H3,(H,21,28)(H2,22,23,24,25,26)/t16-/m1/s1. The average Bonchev–Trinajstić information content (AvgIpc) is 2.71. The fraction of sp³-hybridized carbons (Fsp3) is 0.500. The van der Waals surface area contributed by atoms with Crippen molar-refractivity contribution < 1.29 is 18.3 Å². The van der Waals surface area contributed by atoms with Crippen LogP contribution in [0.4, 0.5) is 11.9 Å². The number of likely N-dealkylation sites (N-methyl/N-ethyl adjacent to an activating group) is 1. The Labute approximate surface area is 193 Å². The third-order valence-corrected chi connectivity index (χ3v) is 5.71. The molecule has 176 valence electrons. The van der Waals surface area contributed by atoms with E-state index in [4.69, 9.17) is 0 Å². The van der Waals surface area contributed by atoms with Gasteiger partial charge in [0.15, 0.2) is 5.16 Å². The van der Waals surface area contributed by atoms with Gasteiger partial charge in [-0.25, -0.2) is 8.42 Å². The van der Waals surface area contributed by atoms with Crippen molar-refractivity contribution in [1.82, 2.24) is 20.3 Å². The predicted octanol–water partition coefficient (Wildman–Crippen LogP) is 1.64. The van der Waals surface area contributed by atoms with Crippen molar-refractivity contribution in [2.45, 2.75) is 43.6 Å².